The molecule has 0 radical (unpaired) electrons. The summed E-state index contributed by atoms with van der Waals surface area (Å²) >= 11 is 0. The maximum absolute atomic E-state index is 12.1. The number of likely N-dealkylation sites (N-methyl/N-ethyl adjacent to an activating group) is 1. The minimum atomic E-state index is -0.443. The SMILES string of the molecule is CN(C(=O)CC1CCCCCC1)C(C)(C)CO. The van der Waals surface area contributed by atoms with Crippen LogP contribution >= 0.6 is 0 Å². The van der Waals surface area contributed by atoms with Crippen LogP contribution in [0.2, 0.25) is 0 Å². The molecule has 100 valence electrons. The van der Waals surface area contributed by atoms with Gasteiger partial charge in [0, 0.05) is 13.5 Å². The molecule has 0 bridgehead atoms. The zero-order valence-electron chi connectivity index (χ0n) is 11.5. The lowest BCUT2D eigenvalue weighted by Crippen LogP contribution is -2.48. The number of hydrogen-bond donors (Lipinski definition) is 1. The van der Waals surface area contributed by atoms with Crippen molar-refractivity contribution in [2.75, 3.05) is 13.7 Å². The summed E-state index contributed by atoms with van der Waals surface area (Å²) in [6.07, 6.45) is 8.22. The van der Waals surface area contributed by atoms with E-state index in [1.165, 1.54) is 38.5 Å². The van der Waals surface area contributed by atoms with Crippen LogP contribution in [0.4, 0.5) is 0 Å². The highest BCUT2D eigenvalue weighted by Gasteiger charge is 2.28. The molecule has 0 heterocycles. The lowest BCUT2D eigenvalue weighted by Gasteiger charge is -2.34. The summed E-state index contributed by atoms with van der Waals surface area (Å²) < 4.78 is 0. The maximum Gasteiger partial charge on any atom is 0.223 e. The molecule has 0 unspecified atom stereocenters. The third-order valence-corrected chi connectivity index (χ3v) is 4.11. The zero-order chi connectivity index (χ0) is 12.9. The quantitative estimate of drug-likeness (QED) is 0.769. The number of aliphatic hydroxyl groups is 1. The number of nitrogens with zero attached hydrogens (tertiary/aromatic N) is 1. The van der Waals surface area contributed by atoms with Crippen molar-refractivity contribution in [1.82, 2.24) is 4.90 Å². The number of aliphatic hydroxyl groups excluding tert-OH is 1. The Labute approximate surface area is 105 Å². The van der Waals surface area contributed by atoms with Crippen LogP contribution in [0.5, 0.6) is 0 Å². The average molecular weight is 241 g/mol. The second-order valence-electron chi connectivity index (χ2n) is 5.99. The molecule has 0 atom stereocenters. The van der Waals surface area contributed by atoms with Crippen LogP contribution in [0.1, 0.15) is 58.8 Å². The molecule has 0 aliphatic heterocycles. The van der Waals surface area contributed by atoms with Gasteiger partial charge in [-0.1, -0.05) is 25.7 Å². The van der Waals surface area contributed by atoms with E-state index in [0.29, 0.717) is 12.3 Å². The first-order valence-electron chi connectivity index (χ1n) is 6.85. The molecule has 1 aliphatic rings. The highest BCUT2D eigenvalue weighted by Crippen LogP contribution is 2.26. The molecule has 1 saturated carbocycles. The van der Waals surface area contributed by atoms with Crippen molar-refractivity contribution >= 4 is 5.91 Å². The van der Waals surface area contributed by atoms with Gasteiger partial charge in [-0.15, -0.1) is 0 Å². The van der Waals surface area contributed by atoms with Crippen molar-refractivity contribution < 1.29 is 9.90 Å². The molecule has 1 N–H and O–H groups in total. The van der Waals surface area contributed by atoms with Crippen LogP contribution in [0, 0.1) is 5.92 Å². The normalized spacial score (nSPS) is 18.8. The molecule has 0 aromatic rings. The largest absolute Gasteiger partial charge is 0.394 e. The van der Waals surface area contributed by atoms with Crippen molar-refractivity contribution in [3.8, 4) is 0 Å². The fraction of sp³-hybridized carbons (Fsp3) is 0.929. The fourth-order valence-electron chi connectivity index (χ4n) is 2.40. The van der Waals surface area contributed by atoms with Crippen LogP contribution in [0.25, 0.3) is 0 Å². The number of amides is 1. The number of hydrogen-bond acceptors (Lipinski definition) is 2. The van der Waals surface area contributed by atoms with Crippen molar-refractivity contribution in [1.29, 1.82) is 0 Å². The Kier molecular flexibility index (Phi) is 5.44. The van der Waals surface area contributed by atoms with E-state index in [1.807, 2.05) is 13.8 Å². The number of carbonyl (C=O) groups excluding carboxylic acids is 1. The average Bonchev–Trinajstić information content (AvgIpc) is 2.56. The van der Waals surface area contributed by atoms with E-state index in [1.54, 1.807) is 11.9 Å². The molecule has 3 heteroatoms. The van der Waals surface area contributed by atoms with E-state index in [4.69, 9.17) is 0 Å². The smallest absolute Gasteiger partial charge is 0.223 e. The predicted octanol–water partition coefficient (Wildman–Crippen LogP) is 2.58. The minimum Gasteiger partial charge on any atom is -0.394 e. The van der Waals surface area contributed by atoms with Gasteiger partial charge in [0.1, 0.15) is 0 Å². The number of carbonyl (C=O) groups is 1. The molecule has 1 amide bonds. The van der Waals surface area contributed by atoms with Gasteiger partial charge in [0.15, 0.2) is 0 Å². The van der Waals surface area contributed by atoms with Gasteiger partial charge in [0.25, 0.3) is 0 Å². The summed E-state index contributed by atoms with van der Waals surface area (Å²) in [5, 5.41) is 9.27. The Balaban J connectivity index is 2.47. The summed E-state index contributed by atoms with van der Waals surface area (Å²) in [5.41, 5.74) is -0.443. The highest BCUT2D eigenvalue weighted by atomic mass is 16.3. The Morgan fingerprint density at radius 1 is 1.24 bits per heavy atom. The molecule has 0 aromatic carbocycles. The Morgan fingerprint density at radius 2 is 1.76 bits per heavy atom. The lowest BCUT2D eigenvalue weighted by atomic mass is 9.94. The molecular formula is C14H27NO2. The Bertz CT molecular complexity index is 243. The van der Waals surface area contributed by atoms with E-state index in [-0.39, 0.29) is 12.5 Å². The molecule has 0 aromatic heterocycles. The second kappa shape index (κ2) is 6.39. The molecular weight excluding hydrogens is 214 g/mol. The van der Waals surface area contributed by atoms with Crippen LogP contribution in [0.3, 0.4) is 0 Å². The van der Waals surface area contributed by atoms with Crippen LogP contribution in [0.15, 0.2) is 0 Å². The van der Waals surface area contributed by atoms with Crippen LogP contribution < -0.4 is 0 Å². The van der Waals surface area contributed by atoms with E-state index < -0.39 is 5.54 Å². The summed E-state index contributed by atoms with van der Waals surface area (Å²) in [5.74, 6) is 0.734. The van der Waals surface area contributed by atoms with Gasteiger partial charge >= 0.3 is 0 Å². The monoisotopic (exact) mass is 241 g/mol. The van der Waals surface area contributed by atoms with E-state index in [0.717, 1.165) is 0 Å². The van der Waals surface area contributed by atoms with Gasteiger partial charge < -0.3 is 10.0 Å². The number of rotatable bonds is 4. The summed E-state index contributed by atoms with van der Waals surface area (Å²) in [6, 6.07) is 0. The molecule has 3 nitrogen and oxygen atoms in total. The molecule has 0 spiro atoms. The topological polar surface area (TPSA) is 40.5 Å². The summed E-state index contributed by atoms with van der Waals surface area (Å²) in [4.78, 5) is 13.9. The first-order valence-corrected chi connectivity index (χ1v) is 6.85. The Hall–Kier alpha value is -0.570. The highest BCUT2D eigenvalue weighted by molar-refractivity contribution is 5.77. The van der Waals surface area contributed by atoms with Gasteiger partial charge in [-0.25, -0.2) is 0 Å². The summed E-state index contributed by atoms with van der Waals surface area (Å²) in [7, 11) is 1.80. The van der Waals surface area contributed by atoms with Gasteiger partial charge in [-0.05, 0) is 32.6 Å². The van der Waals surface area contributed by atoms with Gasteiger partial charge in [0.2, 0.25) is 5.91 Å². The zero-order valence-corrected chi connectivity index (χ0v) is 11.5. The van der Waals surface area contributed by atoms with Crippen molar-refractivity contribution in [3.05, 3.63) is 0 Å². The predicted molar refractivity (Wildman–Crippen MR) is 69.7 cm³/mol. The van der Waals surface area contributed by atoms with Crippen molar-refractivity contribution in [2.45, 2.75) is 64.3 Å². The first-order chi connectivity index (χ1) is 7.97. The van der Waals surface area contributed by atoms with Gasteiger partial charge in [0.05, 0.1) is 12.1 Å². The molecule has 1 rings (SSSR count). The third kappa shape index (κ3) is 4.30. The minimum absolute atomic E-state index is 0.0138. The van der Waals surface area contributed by atoms with Crippen molar-refractivity contribution in [3.63, 3.8) is 0 Å². The van der Waals surface area contributed by atoms with Crippen LogP contribution in [-0.4, -0.2) is 35.1 Å². The van der Waals surface area contributed by atoms with Gasteiger partial charge in [-0.2, -0.15) is 0 Å². The van der Waals surface area contributed by atoms with E-state index >= 15 is 0 Å². The molecule has 0 saturated heterocycles. The van der Waals surface area contributed by atoms with E-state index in [9.17, 15) is 9.90 Å². The standard InChI is InChI=1S/C14H27NO2/c1-14(2,11-16)15(3)13(17)10-12-8-6-4-5-7-9-12/h12,16H,4-11H2,1-3H3. The second-order valence-corrected chi connectivity index (χ2v) is 5.99. The maximum atomic E-state index is 12.1. The van der Waals surface area contributed by atoms with Gasteiger partial charge in [-0.3, -0.25) is 4.79 Å². The lowest BCUT2D eigenvalue weighted by molar-refractivity contribution is -0.137. The summed E-state index contributed by atoms with van der Waals surface area (Å²) in [6.45, 7) is 3.82. The molecule has 17 heavy (non-hydrogen) atoms. The Morgan fingerprint density at radius 3 is 2.24 bits per heavy atom. The molecule has 1 fully saturated rings. The van der Waals surface area contributed by atoms with E-state index in [2.05, 4.69) is 0 Å². The fourth-order valence-corrected chi connectivity index (χ4v) is 2.40. The first kappa shape index (κ1) is 14.5. The van der Waals surface area contributed by atoms with Crippen LogP contribution in [-0.2, 0) is 4.79 Å². The molecule has 1 aliphatic carbocycles. The third-order valence-electron chi connectivity index (χ3n) is 4.11. The van der Waals surface area contributed by atoms with Crippen molar-refractivity contribution in [2.24, 2.45) is 5.92 Å².